The smallest absolute Gasteiger partial charge is 0.276 e. The summed E-state index contributed by atoms with van der Waals surface area (Å²) in [5, 5.41) is 11.5. The van der Waals surface area contributed by atoms with Gasteiger partial charge in [-0.1, -0.05) is 30.3 Å². The summed E-state index contributed by atoms with van der Waals surface area (Å²) in [6.45, 7) is 1.92. The topological polar surface area (TPSA) is 86.9 Å². The highest BCUT2D eigenvalue weighted by Gasteiger charge is 2.20. The average Bonchev–Trinajstić information content (AvgIpc) is 3.44. The van der Waals surface area contributed by atoms with E-state index in [0.717, 1.165) is 16.9 Å². The van der Waals surface area contributed by atoms with Crippen LogP contribution in [0.15, 0.2) is 73.4 Å². The minimum atomic E-state index is -0.301. The predicted octanol–water partition coefficient (Wildman–Crippen LogP) is 2.95. The molecule has 0 unspecified atom stereocenters. The van der Waals surface area contributed by atoms with Crippen molar-refractivity contribution in [2.24, 2.45) is 0 Å². The summed E-state index contributed by atoms with van der Waals surface area (Å²) in [4.78, 5) is 16.8. The highest BCUT2D eigenvalue weighted by molar-refractivity contribution is 5.95. The van der Waals surface area contributed by atoms with Crippen LogP contribution in [0, 0.1) is 0 Å². The van der Waals surface area contributed by atoms with Crippen molar-refractivity contribution in [3.63, 3.8) is 0 Å². The van der Waals surface area contributed by atoms with Gasteiger partial charge in [0.25, 0.3) is 5.91 Å². The minimum absolute atomic E-state index is 0.209. The molecule has 4 aromatic rings. The van der Waals surface area contributed by atoms with Gasteiger partial charge in [-0.05, 0) is 36.8 Å². The Morgan fingerprint density at radius 2 is 1.76 bits per heavy atom. The molecular formula is C21H20N6O2. The number of nitrogens with zero attached hydrogens (tertiary/aromatic N) is 5. The SMILES string of the molecule is COc1cn(-c2ccccc2)nc1C(=O)N[C@H](C)c1ccc(-n2cncn2)cc1. The van der Waals surface area contributed by atoms with Crippen LogP contribution in [0.25, 0.3) is 11.4 Å². The number of hydrogen-bond donors (Lipinski definition) is 1. The molecule has 2 heterocycles. The van der Waals surface area contributed by atoms with E-state index in [1.165, 1.54) is 13.4 Å². The van der Waals surface area contributed by atoms with Gasteiger partial charge in [-0.2, -0.15) is 10.2 Å². The Bertz CT molecular complexity index is 1090. The van der Waals surface area contributed by atoms with Gasteiger partial charge >= 0.3 is 0 Å². The number of hydrogen-bond acceptors (Lipinski definition) is 5. The Balaban J connectivity index is 1.51. The van der Waals surface area contributed by atoms with Gasteiger partial charge in [0, 0.05) is 0 Å². The molecule has 0 saturated heterocycles. The molecule has 2 aromatic heterocycles. The van der Waals surface area contributed by atoms with Crippen LogP contribution in [0.2, 0.25) is 0 Å². The fourth-order valence-corrected chi connectivity index (χ4v) is 2.98. The Kier molecular flexibility index (Phi) is 5.07. The van der Waals surface area contributed by atoms with Crippen LogP contribution in [-0.4, -0.2) is 37.6 Å². The molecule has 146 valence electrons. The van der Waals surface area contributed by atoms with Gasteiger partial charge in [-0.15, -0.1) is 0 Å². The van der Waals surface area contributed by atoms with Gasteiger partial charge in [0.2, 0.25) is 0 Å². The van der Waals surface area contributed by atoms with Crippen LogP contribution >= 0.6 is 0 Å². The standard InChI is InChI=1S/C21H20N6O2/c1-15(16-8-10-18(11-9-16)27-14-22-13-23-27)24-21(28)20-19(29-2)12-26(25-20)17-6-4-3-5-7-17/h3-15H,1-2H3,(H,24,28)/t15-/m1/s1. The van der Waals surface area contributed by atoms with Crippen molar-refractivity contribution in [1.29, 1.82) is 0 Å². The zero-order valence-corrected chi connectivity index (χ0v) is 16.1. The second kappa shape index (κ2) is 7.97. The fraction of sp³-hybridized carbons (Fsp3) is 0.143. The Labute approximate surface area is 167 Å². The lowest BCUT2D eigenvalue weighted by atomic mass is 10.1. The second-order valence-electron chi connectivity index (χ2n) is 6.45. The highest BCUT2D eigenvalue weighted by atomic mass is 16.5. The van der Waals surface area contributed by atoms with Gasteiger partial charge in [0.1, 0.15) is 12.7 Å². The molecule has 1 atom stereocenters. The number of amides is 1. The third-order valence-electron chi connectivity index (χ3n) is 4.56. The summed E-state index contributed by atoms with van der Waals surface area (Å²) in [5.74, 6) is 0.115. The summed E-state index contributed by atoms with van der Waals surface area (Å²) in [5.41, 5.74) is 2.95. The van der Waals surface area contributed by atoms with Crippen LogP contribution in [0.5, 0.6) is 5.75 Å². The molecule has 8 nitrogen and oxygen atoms in total. The molecule has 0 bridgehead atoms. The quantitative estimate of drug-likeness (QED) is 0.549. The molecule has 0 spiro atoms. The van der Waals surface area contributed by atoms with Crippen LogP contribution in [0.4, 0.5) is 0 Å². The number of aromatic nitrogens is 5. The lowest BCUT2D eigenvalue weighted by Gasteiger charge is -2.14. The van der Waals surface area contributed by atoms with Crippen molar-refractivity contribution in [2.75, 3.05) is 7.11 Å². The van der Waals surface area contributed by atoms with Crippen molar-refractivity contribution in [3.8, 4) is 17.1 Å². The molecule has 0 aliphatic rings. The number of carbonyl (C=O) groups excluding carboxylic acids is 1. The number of para-hydroxylation sites is 1. The van der Waals surface area contributed by atoms with Crippen LogP contribution in [-0.2, 0) is 0 Å². The maximum absolute atomic E-state index is 12.8. The lowest BCUT2D eigenvalue weighted by Crippen LogP contribution is -2.27. The molecule has 1 amide bonds. The number of nitrogens with one attached hydrogen (secondary N) is 1. The van der Waals surface area contributed by atoms with E-state index in [1.54, 1.807) is 21.9 Å². The van der Waals surface area contributed by atoms with Crippen molar-refractivity contribution < 1.29 is 9.53 Å². The molecule has 2 aromatic carbocycles. The molecule has 0 saturated carbocycles. The first kappa shape index (κ1) is 18.4. The van der Waals surface area contributed by atoms with E-state index >= 15 is 0 Å². The predicted molar refractivity (Wildman–Crippen MR) is 107 cm³/mol. The van der Waals surface area contributed by atoms with Crippen LogP contribution in [0.3, 0.4) is 0 Å². The van der Waals surface area contributed by atoms with Crippen molar-refractivity contribution in [1.82, 2.24) is 29.9 Å². The maximum Gasteiger partial charge on any atom is 0.276 e. The number of benzene rings is 2. The van der Waals surface area contributed by atoms with Gasteiger partial charge in [-0.3, -0.25) is 4.79 Å². The molecule has 29 heavy (non-hydrogen) atoms. The lowest BCUT2D eigenvalue weighted by molar-refractivity contribution is 0.0931. The van der Waals surface area contributed by atoms with Gasteiger partial charge in [0.05, 0.1) is 30.7 Å². The third-order valence-corrected chi connectivity index (χ3v) is 4.56. The monoisotopic (exact) mass is 388 g/mol. The van der Waals surface area contributed by atoms with E-state index in [-0.39, 0.29) is 17.6 Å². The summed E-state index contributed by atoms with van der Waals surface area (Å²) in [6.07, 6.45) is 4.82. The minimum Gasteiger partial charge on any atom is -0.493 e. The van der Waals surface area contributed by atoms with Crippen molar-refractivity contribution >= 4 is 5.91 Å². The summed E-state index contributed by atoms with van der Waals surface area (Å²) >= 11 is 0. The van der Waals surface area contributed by atoms with Gasteiger partial charge in [-0.25, -0.2) is 14.3 Å². The third kappa shape index (κ3) is 3.86. The number of rotatable bonds is 6. The first-order valence-corrected chi connectivity index (χ1v) is 9.10. The zero-order chi connectivity index (χ0) is 20.2. The zero-order valence-electron chi connectivity index (χ0n) is 16.1. The number of methoxy groups -OCH3 is 1. The van der Waals surface area contributed by atoms with Crippen LogP contribution < -0.4 is 10.1 Å². The molecule has 0 aliphatic heterocycles. The van der Waals surface area contributed by atoms with E-state index in [2.05, 4.69) is 20.5 Å². The second-order valence-corrected chi connectivity index (χ2v) is 6.45. The maximum atomic E-state index is 12.8. The van der Waals surface area contributed by atoms with E-state index in [9.17, 15) is 4.79 Å². The molecule has 4 rings (SSSR count). The number of carbonyl (C=O) groups is 1. The van der Waals surface area contributed by atoms with E-state index in [1.807, 2.05) is 61.5 Å². The molecule has 0 radical (unpaired) electrons. The largest absolute Gasteiger partial charge is 0.493 e. The fourth-order valence-electron chi connectivity index (χ4n) is 2.98. The van der Waals surface area contributed by atoms with E-state index < -0.39 is 0 Å². The molecule has 1 N–H and O–H groups in total. The summed E-state index contributed by atoms with van der Waals surface area (Å²) < 4.78 is 8.66. The normalized spacial score (nSPS) is 11.8. The molecular weight excluding hydrogens is 368 g/mol. The summed E-state index contributed by atoms with van der Waals surface area (Å²) in [7, 11) is 1.52. The molecule has 0 aliphatic carbocycles. The highest BCUT2D eigenvalue weighted by Crippen LogP contribution is 2.21. The first-order chi connectivity index (χ1) is 14.2. The molecule has 8 heteroatoms. The molecule has 0 fully saturated rings. The van der Waals surface area contributed by atoms with Crippen molar-refractivity contribution in [3.05, 3.63) is 84.7 Å². The first-order valence-electron chi connectivity index (χ1n) is 9.10. The van der Waals surface area contributed by atoms with E-state index in [4.69, 9.17) is 4.74 Å². The van der Waals surface area contributed by atoms with Crippen LogP contribution in [0.1, 0.15) is 29.0 Å². The Morgan fingerprint density at radius 1 is 1.03 bits per heavy atom. The summed E-state index contributed by atoms with van der Waals surface area (Å²) in [6, 6.07) is 17.1. The Morgan fingerprint density at radius 3 is 2.41 bits per heavy atom. The number of ether oxygens (including phenoxy) is 1. The van der Waals surface area contributed by atoms with Crippen molar-refractivity contribution in [2.45, 2.75) is 13.0 Å². The van der Waals surface area contributed by atoms with E-state index in [0.29, 0.717) is 5.75 Å². The average molecular weight is 388 g/mol. The Hall–Kier alpha value is -3.94. The van der Waals surface area contributed by atoms with Gasteiger partial charge in [0.15, 0.2) is 11.4 Å². The van der Waals surface area contributed by atoms with Gasteiger partial charge < -0.3 is 10.1 Å².